The Labute approximate surface area is 89.9 Å². The largest absolute Gasteiger partial charge is 0.384 e. The molecule has 1 heterocycles. The third-order valence-corrected chi connectivity index (χ3v) is 1.84. The van der Waals surface area contributed by atoms with Gasteiger partial charge in [0.15, 0.2) is 0 Å². The number of aromatic nitrogens is 1. The molecule has 4 nitrogen and oxygen atoms in total. The first kappa shape index (κ1) is 11.5. The second-order valence-electron chi connectivity index (χ2n) is 4.71. The Morgan fingerprint density at radius 3 is 2.73 bits per heavy atom. The summed E-state index contributed by atoms with van der Waals surface area (Å²) in [5.41, 5.74) is 6.48. The SMILES string of the molecule is CC(C)(C)CNc1ccnc(C(N)=O)c1. The number of nitrogens with zero attached hydrogens (tertiary/aromatic N) is 1. The van der Waals surface area contributed by atoms with Crippen LogP contribution in [0.3, 0.4) is 0 Å². The smallest absolute Gasteiger partial charge is 0.267 e. The van der Waals surface area contributed by atoms with Crippen molar-refractivity contribution < 1.29 is 4.79 Å². The molecule has 0 spiro atoms. The van der Waals surface area contributed by atoms with Gasteiger partial charge in [-0.3, -0.25) is 9.78 Å². The normalized spacial score (nSPS) is 11.1. The molecule has 82 valence electrons. The van der Waals surface area contributed by atoms with Crippen molar-refractivity contribution in [3.8, 4) is 0 Å². The molecule has 4 heteroatoms. The van der Waals surface area contributed by atoms with Crippen molar-refractivity contribution in [1.29, 1.82) is 0 Å². The average molecular weight is 207 g/mol. The van der Waals surface area contributed by atoms with E-state index in [0.29, 0.717) is 0 Å². The zero-order valence-electron chi connectivity index (χ0n) is 9.37. The molecule has 1 aromatic rings. The van der Waals surface area contributed by atoms with E-state index in [1.807, 2.05) is 6.07 Å². The molecule has 1 rings (SSSR count). The van der Waals surface area contributed by atoms with Crippen molar-refractivity contribution in [2.75, 3.05) is 11.9 Å². The van der Waals surface area contributed by atoms with Crippen LogP contribution in [0.25, 0.3) is 0 Å². The summed E-state index contributed by atoms with van der Waals surface area (Å²) >= 11 is 0. The zero-order valence-corrected chi connectivity index (χ0v) is 9.37. The molecule has 0 aliphatic carbocycles. The van der Waals surface area contributed by atoms with Gasteiger partial charge in [-0.1, -0.05) is 20.8 Å². The Balaban J connectivity index is 2.70. The fourth-order valence-corrected chi connectivity index (χ4v) is 1.04. The van der Waals surface area contributed by atoms with Crippen LogP contribution in [0.5, 0.6) is 0 Å². The van der Waals surface area contributed by atoms with E-state index in [0.717, 1.165) is 12.2 Å². The first-order chi connectivity index (χ1) is 6.88. The molecular formula is C11H17N3O. The van der Waals surface area contributed by atoms with Crippen LogP contribution in [0, 0.1) is 5.41 Å². The van der Waals surface area contributed by atoms with Crippen molar-refractivity contribution in [3.63, 3.8) is 0 Å². The minimum absolute atomic E-state index is 0.191. The van der Waals surface area contributed by atoms with Crippen LogP contribution < -0.4 is 11.1 Å². The second-order valence-corrected chi connectivity index (χ2v) is 4.71. The Bertz CT molecular complexity index is 355. The lowest BCUT2D eigenvalue weighted by Crippen LogP contribution is -2.19. The maximum Gasteiger partial charge on any atom is 0.267 e. The maximum atomic E-state index is 10.9. The van der Waals surface area contributed by atoms with Gasteiger partial charge in [0.25, 0.3) is 5.91 Å². The van der Waals surface area contributed by atoms with Crippen LogP contribution in [0.1, 0.15) is 31.3 Å². The van der Waals surface area contributed by atoms with Crippen LogP contribution in [0.15, 0.2) is 18.3 Å². The molecule has 0 radical (unpaired) electrons. The van der Waals surface area contributed by atoms with Gasteiger partial charge in [0.2, 0.25) is 0 Å². The summed E-state index contributed by atoms with van der Waals surface area (Å²) in [6, 6.07) is 3.48. The number of carbonyl (C=O) groups excluding carboxylic acids is 1. The van der Waals surface area contributed by atoms with Gasteiger partial charge in [-0.2, -0.15) is 0 Å². The fraction of sp³-hybridized carbons (Fsp3) is 0.455. The number of pyridine rings is 1. The summed E-state index contributed by atoms with van der Waals surface area (Å²) in [6.07, 6.45) is 1.57. The summed E-state index contributed by atoms with van der Waals surface area (Å²) in [5.74, 6) is -0.505. The van der Waals surface area contributed by atoms with Gasteiger partial charge in [-0.05, 0) is 17.5 Å². The molecule has 0 aromatic carbocycles. The zero-order chi connectivity index (χ0) is 11.5. The van der Waals surface area contributed by atoms with Crippen molar-refractivity contribution in [2.45, 2.75) is 20.8 Å². The molecule has 0 unspecified atom stereocenters. The number of anilines is 1. The average Bonchev–Trinajstić information content (AvgIpc) is 2.14. The van der Waals surface area contributed by atoms with Crippen molar-refractivity contribution in [2.24, 2.45) is 11.1 Å². The summed E-state index contributed by atoms with van der Waals surface area (Å²) in [4.78, 5) is 14.8. The molecule has 0 aliphatic rings. The Morgan fingerprint density at radius 2 is 2.20 bits per heavy atom. The van der Waals surface area contributed by atoms with Gasteiger partial charge >= 0.3 is 0 Å². The molecule has 0 saturated carbocycles. The highest BCUT2D eigenvalue weighted by atomic mass is 16.1. The first-order valence-corrected chi connectivity index (χ1v) is 4.88. The van der Waals surface area contributed by atoms with E-state index in [1.54, 1.807) is 12.3 Å². The molecule has 0 aliphatic heterocycles. The highest BCUT2D eigenvalue weighted by Gasteiger charge is 2.10. The minimum Gasteiger partial charge on any atom is -0.384 e. The number of nitrogens with one attached hydrogen (secondary N) is 1. The van der Waals surface area contributed by atoms with Gasteiger partial charge < -0.3 is 11.1 Å². The lowest BCUT2D eigenvalue weighted by Gasteiger charge is -2.19. The number of hydrogen-bond acceptors (Lipinski definition) is 3. The Kier molecular flexibility index (Phi) is 3.29. The molecule has 0 atom stereocenters. The minimum atomic E-state index is -0.505. The van der Waals surface area contributed by atoms with Gasteiger partial charge in [0, 0.05) is 18.4 Å². The van der Waals surface area contributed by atoms with Crippen molar-refractivity contribution in [1.82, 2.24) is 4.98 Å². The van der Waals surface area contributed by atoms with Crippen LogP contribution >= 0.6 is 0 Å². The first-order valence-electron chi connectivity index (χ1n) is 4.88. The third kappa shape index (κ3) is 3.97. The quantitative estimate of drug-likeness (QED) is 0.791. The molecule has 3 N–H and O–H groups in total. The van der Waals surface area contributed by atoms with Crippen LogP contribution in [0.4, 0.5) is 5.69 Å². The van der Waals surface area contributed by atoms with Crippen LogP contribution in [-0.4, -0.2) is 17.4 Å². The lowest BCUT2D eigenvalue weighted by molar-refractivity contribution is 0.0995. The molecule has 1 aromatic heterocycles. The third-order valence-electron chi connectivity index (χ3n) is 1.84. The van der Waals surface area contributed by atoms with E-state index in [4.69, 9.17) is 5.73 Å². The molecule has 0 bridgehead atoms. The van der Waals surface area contributed by atoms with Gasteiger partial charge in [0.05, 0.1) is 0 Å². The summed E-state index contributed by atoms with van der Waals surface area (Å²) in [7, 11) is 0. The van der Waals surface area contributed by atoms with Crippen LogP contribution in [0.2, 0.25) is 0 Å². The van der Waals surface area contributed by atoms with E-state index in [1.165, 1.54) is 0 Å². The van der Waals surface area contributed by atoms with Crippen LogP contribution in [-0.2, 0) is 0 Å². The predicted octanol–water partition coefficient (Wildman–Crippen LogP) is 1.64. The number of primary amides is 1. The van der Waals surface area contributed by atoms with E-state index < -0.39 is 5.91 Å². The standard InChI is InChI=1S/C11H17N3O/c1-11(2,3)7-14-8-4-5-13-9(6-8)10(12)15/h4-6H,7H2,1-3H3,(H2,12,15)(H,13,14). The number of rotatable bonds is 3. The summed E-state index contributed by atoms with van der Waals surface area (Å²) in [6.45, 7) is 7.23. The molecular weight excluding hydrogens is 190 g/mol. The summed E-state index contributed by atoms with van der Waals surface area (Å²) in [5, 5.41) is 3.23. The Morgan fingerprint density at radius 1 is 1.53 bits per heavy atom. The highest BCUT2D eigenvalue weighted by Crippen LogP contribution is 2.15. The number of nitrogens with two attached hydrogens (primary N) is 1. The van der Waals surface area contributed by atoms with E-state index >= 15 is 0 Å². The molecule has 1 amide bonds. The lowest BCUT2D eigenvalue weighted by atomic mass is 9.97. The van der Waals surface area contributed by atoms with Gasteiger partial charge in [-0.15, -0.1) is 0 Å². The summed E-state index contributed by atoms with van der Waals surface area (Å²) < 4.78 is 0. The maximum absolute atomic E-state index is 10.9. The molecule has 0 fully saturated rings. The van der Waals surface area contributed by atoms with E-state index in [2.05, 4.69) is 31.1 Å². The molecule has 15 heavy (non-hydrogen) atoms. The van der Waals surface area contributed by atoms with Gasteiger partial charge in [-0.25, -0.2) is 0 Å². The topological polar surface area (TPSA) is 68.0 Å². The monoisotopic (exact) mass is 207 g/mol. The van der Waals surface area contributed by atoms with E-state index in [9.17, 15) is 4.79 Å². The highest BCUT2D eigenvalue weighted by molar-refractivity contribution is 5.91. The van der Waals surface area contributed by atoms with Crippen molar-refractivity contribution in [3.05, 3.63) is 24.0 Å². The number of hydrogen-bond donors (Lipinski definition) is 2. The van der Waals surface area contributed by atoms with Gasteiger partial charge in [0.1, 0.15) is 5.69 Å². The predicted molar refractivity (Wildman–Crippen MR) is 60.7 cm³/mol. The molecule has 0 saturated heterocycles. The van der Waals surface area contributed by atoms with E-state index in [-0.39, 0.29) is 11.1 Å². The van der Waals surface area contributed by atoms with Crippen molar-refractivity contribution >= 4 is 11.6 Å². The Hall–Kier alpha value is -1.58. The second kappa shape index (κ2) is 4.29. The fourth-order valence-electron chi connectivity index (χ4n) is 1.04. The number of amides is 1. The number of carbonyl (C=O) groups is 1.